The average molecular weight is 338 g/mol. The molecule has 2 aliphatic heterocycles. The summed E-state index contributed by atoms with van der Waals surface area (Å²) in [6.07, 6.45) is -2.59. The van der Waals surface area contributed by atoms with Crippen LogP contribution >= 0.6 is 15.9 Å². The normalized spacial score (nSPS) is 39.2. The van der Waals surface area contributed by atoms with Crippen molar-refractivity contribution in [2.45, 2.75) is 30.7 Å². The molecule has 8 nitrogen and oxygen atoms in total. The molecule has 1 fully saturated rings. The highest BCUT2D eigenvalue weighted by Gasteiger charge is 2.48. The Balaban J connectivity index is 2.20. The van der Waals surface area contributed by atoms with E-state index in [4.69, 9.17) is 15.2 Å². The summed E-state index contributed by atoms with van der Waals surface area (Å²) in [4.78, 5) is 13.0. The molecule has 1 unspecified atom stereocenters. The third kappa shape index (κ3) is 2.62. The fourth-order valence-electron chi connectivity index (χ4n) is 2.12. The number of urea groups is 1. The van der Waals surface area contributed by atoms with Gasteiger partial charge in [-0.25, -0.2) is 4.79 Å². The SMILES string of the molecule is CO[C@H]1[C@@H](O)[C@H](N2C=C(Br)C(N)NC2=O)O[C@@H]1CO. The lowest BCUT2D eigenvalue weighted by Gasteiger charge is -2.33. The number of methoxy groups -OCH3 is 1. The van der Waals surface area contributed by atoms with Gasteiger partial charge in [-0.2, -0.15) is 0 Å². The molecule has 5 N–H and O–H groups in total. The molecule has 0 spiro atoms. The van der Waals surface area contributed by atoms with E-state index < -0.39 is 36.7 Å². The lowest BCUT2D eigenvalue weighted by molar-refractivity contribution is -0.0669. The second-order valence-electron chi connectivity index (χ2n) is 4.29. The van der Waals surface area contributed by atoms with Crippen molar-refractivity contribution in [3.05, 3.63) is 10.7 Å². The van der Waals surface area contributed by atoms with Gasteiger partial charge in [0.1, 0.15) is 24.5 Å². The fraction of sp³-hybridized carbons (Fsp3) is 0.700. The first kappa shape index (κ1) is 14.7. The first-order valence-corrected chi connectivity index (χ1v) is 6.47. The number of nitrogens with one attached hydrogen (secondary N) is 1. The molecule has 0 saturated carbocycles. The van der Waals surface area contributed by atoms with Gasteiger partial charge in [-0.05, 0) is 0 Å². The molecule has 2 aliphatic rings. The predicted molar refractivity (Wildman–Crippen MR) is 67.9 cm³/mol. The molecule has 0 aromatic heterocycles. The maximum absolute atomic E-state index is 11.8. The monoisotopic (exact) mass is 337 g/mol. The molecule has 0 radical (unpaired) electrons. The van der Waals surface area contributed by atoms with Crippen LogP contribution in [0.2, 0.25) is 0 Å². The maximum Gasteiger partial charge on any atom is 0.325 e. The van der Waals surface area contributed by atoms with Crippen LogP contribution in [0.4, 0.5) is 4.79 Å². The van der Waals surface area contributed by atoms with Crippen molar-refractivity contribution in [3.63, 3.8) is 0 Å². The van der Waals surface area contributed by atoms with Crippen LogP contribution in [0.5, 0.6) is 0 Å². The molecule has 9 heteroatoms. The Labute approximate surface area is 118 Å². The number of hydrogen-bond acceptors (Lipinski definition) is 6. The van der Waals surface area contributed by atoms with Crippen LogP contribution in [-0.2, 0) is 9.47 Å². The highest BCUT2D eigenvalue weighted by atomic mass is 79.9. The van der Waals surface area contributed by atoms with Crippen molar-refractivity contribution in [3.8, 4) is 0 Å². The van der Waals surface area contributed by atoms with Crippen LogP contribution < -0.4 is 11.1 Å². The van der Waals surface area contributed by atoms with Crippen molar-refractivity contribution >= 4 is 22.0 Å². The Morgan fingerprint density at radius 1 is 1.68 bits per heavy atom. The number of nitrogens with two attached hydrogens (primary N) is 1. The topological polar surface area (TPSA) is 117 Å². The number of hydrogen-bond donors (Lipinski definition) is 4. The summed E-state index contributed by atoms with van der Waals surface area (Å²) < 4.78 is 11.1. The van der Waals surface area contributed by atoms with Crippen LogP contribution in [-0.4, -0.2) is 65.6 Å². The van der Waals surface area contributed by atoms with Gasteiger partial charge >= 0.3 is 6.03 Å². The van der Waals surface area contributed by atoms with E-state index in [-0.39, 0.29) is 6.61 Å². The van der Waals surface area contributed by atoms with Crippen molar-refractivity contribution in [2.24, 2.45) is 5.73 Å². The minimum absolute atomic E-state index is 0.314. The summed E-state index contributed by atoms with van der Waals surface area (Å²) in [5.74, 6) is 0. The van der Waals surface area contributed by atoms with Crippen LogP contribution in [0.25, 0.3) is 0 Å². The van der Waals surface area contributed by atoms with Crippen molar-refractivity contribution < 1.29 is 24.5 Å². The number of aliphatic hydroxyl groups excluding tert-OH is 2. The zero-order valence-corrected chi connectivity index (χ0v) is 11.8. The van der Waals surface area contributed by atoms with E-state index in [9.17, 15) is 15.0 Å². The van der Waals surface area contributed by atoms with E-state index in [1.807, 2.05) is 0 Å². The first-order valence-electron chi connectivity index (χ1n) is 5.68. The average Bonchev–Trinajstić information content (AvgIpc) is 2.70. The van der Waals surface area contributed by atoms with Crippen molar-refractivity contribution in [2.75, 3.05) is 13.7 Å². The number of amides is 2. The molecule has 5 atom stereocenters. The maximum atomic E-state index is 11.8. The van der Waals surface area contributed by atoms with Crippen molar-refractivity contribution in [1.29, 1.82) is 0 Å². The molecule has 0 bridgehead atoms. The minimum atomic E-state index is -1.07. The van der Waals surface area contributed by atoms with Gasteiger partial charge in [0, 0.05) is 17.8 Å². The van der Waals surface area contributed by atoms with Gasteiger partial charge in [0.05, 0.1) is 6.61 Å². The van der Waals surface area contributed by atoms with Crippen LogP contribution in [0, 0.1) is 0 Å². The Hall–Kier alpha value is -0.710. The molecule has 2 amide bonds. The highest BCUT2D eigenvalue weighted by Crippen LogP contribution is 2.28. The number of nitrogens with zero attached hydrogens (tertiary/aromatic N) is 1. The molecule has 19 heavy (non-hydrogen) atoms. The van der Waals surface area contributed by atoms with E-state index >= 15 is 0 Å². The van der Waals surface area contributed by atoms with E-state index in [0.717, 1.165) is 0 Å². The zero-order chi connectivity index (χ0) is 14.2. The van der Waals surface area contributed by atoms with Crippen LogP contribution in [0.1, 0.15) is 0 Å². The van der Waals surface area contributed by atoms with Gasteiger partial charge in [0.2, 0.25) is 0 Å². The minimum Gasteiger partial charge on any atom is -0.394 e. The second-order valence-corrected chi connectivity index (χ2v) is 5.20. The van der Waals surface area contributed by atoms with E-state index in [0.29, 0.717) is 4.48 Å². The summed E-state index contributed by atoms with van der Waals surface area (Å²) in [5, 5.41) is 21.8. The largest absolute Gasteiger partial charge is 0.394 e. The van der Waals surface area contributed by atoms with Gasteiger partial charge in [0.25, 0.3) is 0 Å². The first-order chi connectivity index (χ1) is 8.99. The molecule has 108 valence electrons. The number of aliphatic hydroxyl groups is 2. The van der Waals surface area contributed by atoms with Gasteiger partial charge in [-0.15, -0.1) is 0 Å². The van der Waals surface area contributed by atoms with E-state index in [1.54, 1.807) is 0 Å². The zero-order valence-electron chi connectivity index (χ0n) is 10.2. The van der Waals surface area contributed by atoms with E-state index in [1.165, 1.54) is 18.2 Å². The summed E-state index contributed by atoms with van der Waals surface area (Å²) in [5.41, 5.74) is 5.63. The summed E-state index contributed by atoms with van der Waals surface area (Å²) >= 11 is 3.21. The predicted octanol–water partition coefficient (Wildman–Crippen LogP) is -1.37. The second kappa shape index (κ2) is 5.73. The number of carbonyl (C=O) groups is 1. The molecule has 0 aliphatic carbocycles. The van der Waals surface area contributed by atoms with Crippen molar-refractivity contribution in [1.82, 2.24) is 10.2 Å². The lowest BCUT2D eigenvalue weighted by Crippen LogP contribution is -2.56. The van der Waals surface area contributed by atoms with E-state index in [2.05, 4.69) is 21.2 Å². The molecular formula is C10H16BrN3O5. The number of carbonyl (C=O) groups excluding carboxylic acids is 1. The molecule has 1 saturated heterocycles. The Morgan fingerprint density at radius 3 is 2.89 bits per heavy atom. The third-order valence-corrected chi connectivity index (χ3v) is 3.81. The molecule has 0 aromatic carbocycles. The number of rotatable bonds is 3. The molecular weight excluding hydrogens is 322 g/mol. The third-order valence-electron chi connectivity index (χ3n) is 3.11. The smallest absolute Gasteiger partial charge is 0.325 e. The van der Waals surface area contributed by atoms with Gasteiger partial charge in [-0.1, -0.05) is 15.9 Å². The summed E-state index contributed by atoms with van der Waals surface area (Å²) in [7, 11) is 1.40. The summed E-state index contributed by atoms with van der Waals surface area (Å²) in [6.45, 7) is -0.314. The Morgan fingerprint density at radius 2 is 2.37 bits per heavy atom. The number of halogens is 1. The number of ether oxygens (including phenoxy) is 2. The molecule has 2 heterocycles. The lowest BCUT2D eigenvalue weighted by atomic mass is 10.1. The van der Waals surface area contributed by atoms with Gasteiger partial charge in [0.15, 0.2) is 6.23 Å². The van der Waals surface area contributed by atoms with Crippen LogP contribution in [0.3, 0.4) is 0 Å². The van der Waals surface area contributed by atoms with Gasteiger partial charge in [-0.3, -0.25) is 4.90 Å². The van der Waals surface area contributed by atoms with Crippen LogP contribution in [0.15, 0.2) is 10.7 Å². The fourth-order valence-corrected chi connectivity index (χ4v) is 2.46. The Bertz CT molecular complexity index is 393. The molecule has 0 aromatic rings. The Kier molecular flexibility index (Phi) is 4.43. The quantitative estimate of drug-likeness (QED) is 0.504. The standard InChI is InChI=1S/C10H16BrN3O5/c1-18-7-5(3-15)19-9(6(7)16)14-2-4(11)8(12)13-10(14)17/h2,5-9,15-16H,3,12H2,1H3,(H,13,17)/t5-,6-,7-,8?,9-/m1/s1. The highest BCUT2D eigenvalue weighted by molar-refractivity contribution is 9.11. The van der Waals surface area contributed by atoms with Gasteiger partial charge < -0.3 is 30.7 Å². The summed E-state index contributed by atoms with van der Waals surface area (Å²) in [6, 6.07) is -0.492. The molecule has 2 rings (SSSR count).